The van der Waals surface area contributed by atoms with E-state index in [1.165, 1.54) is 6.07 Å². The SMILES string of the molecule is COc1ccc(CNc2ccc(F)c(F)n2)cc1. The molecule has 0 saturated heterocycles. The van der Waals surface area contributed by atoms with Crippen molar-refractivity contribution in [3.63, 3.8) is 0 Å². The van der Waals surface area contributed by atoms with Crippen molar-refractivity contribution < 1.29 is 13.5 Å². The van der Waals surface area contributed by atoms with Gasteiger partial charge in [0.2, 0.25) is 0 Å². The van der Waals surface area contributed by atoms with Gasteiger partial charge in [-0.05, 0) is 29.8 Å². The summed E-state index contributed by atoms with van der Waals surface area (Å²) in [5, 5.41) is 2.91. The van der Waals surface area contributed by atoms with E-state index < -0.39 is 11.8 Å². The Hall–Kier alpha value is -2.17. The smallest absolute Gasteiger partial charge is 0.250 e. The van der Waals surface area contributed by atoms with E-state index in [2.05, 4.69) is 10.3 Å². The molecular weight excluding hydrogens is 238 g/mol. The lowest BCUT2D eigenvalue weighted by Crippen LogP contribution is -2.03. The Morgan fingerprint density at radius 2 is 1.83 bits per heavy atom. The van der Waals surface area contributed by atoms with Crippen molar-refractivity contribution in [2.75, 3.05) is 12.4 Å². The first-order valence-corrected chi connectivity index (χ1v) is 5.38. The van der Waals surface area contributed by atoms with Crippen LogP contribution in [-0.4, -0.2) is 12.1 Å². The Kier molecular flexibility index (Phi) is 3.72. The van der Waals surface area contributed by atoms with Gasteiger partial charge in [0, 0.05) is 6.54 Å². The van der Waals surface area contributed by atoms with Crippen molar-refractivity contribution in [2.24, 2.45) is 0 Å². The molecule has 5 heteroatoms. The van der Waals surface area contributed by atoms with Crippen molar-refractivity contribution in [3.8, 4) is 5.75 Å². The fourth-order valence-electron chi connectivity index (χ4n) is 1.45. The average Bonchev–Trinajstić information content (AvgIpc) is 2.41. The molecule has 0 aliphatic heterocycles. The third kappa shape index (κ3) is 2.94. The van der Waals surface area contributed by atoms with Crippen LogP contribution in [0.25, 0.3) is 0 Å². The Morgan fingerprint density at radius 1 is 1.11 bits per heavy atom. The minimum Gasteiger partial charge on any atom is -0.497 e. The molecule has 0 radical (unpaired) electrons. The number of hydrogen-bond donors (Lipinski definition) is 1. The van der Waals surface area contributed by atoms with Crippen LogP contribution in [0.1, 0.15) is 5.56 Å². The highest BCUT2D eigenvalue weighted by Gasteiger charge is 2.03. The molecule has 0 saturated carbocycles. The minimum absolute atomic E-state index is 0.296. The third-order valence-electron chi connectivity index (χ3n) is 2.44. The van der Waals surface area contributed by atoms with Crippen LogP contribution in [0.15, 0.2) is 36.4 Å². The quantitative estimate of drug-likeness (QED) is 0.847. The van der Waals surface area contributed by atoms with E-state index in [9.17, 15) is 8.78 Å². The van der Waals surface area contributed by atoms with Gasteiger partial charge in [0.25, 0.3) is 5.95 Å². The molecular formula is C13H12F2N2O. The Bertz CT molecular complexity index is 529. The molecule has 1 aromatic carbocycles. The lowest BCUT2D eigenvalue weighted by molar-refractivity contribution is 0.414. The first kappa shape index (κ1) is 12.3. The molecule has 18 heavy (non-hydrogen) atoms. The molecule has 0 amide bonds. The molecule has 1 aromatic heterocycles. The van der Waals surface area contributed by atoms with E-state index in [4.69, 9.17) is 4.74 Å². The molecule has 1 heterocycles. The zero-order valence-corrected chi connectivity index (χ0v) is 9.78. The highest BCUT2D eigenvalue weighted by Crippen LogP contribution is 2.13. The van der Waals surface area contributed by atoms with E-state index in [1.54, 1.807) is 7.11 Å². The van der Waals surface area contributed by atoms with Crippen LogP contribution in [0.4, 0.5) is 14.6 Å². The van der Waals surface area contributed by atoms with Crippen molar-refractivity contribution in [2.45, 2.75) is 6.54 Å². The van der Waals surface area contributed by atoms with Crippen molar-refractivity contribution >= 4 is 5.82 Å². The number of ether oxygens (including phenoxy) is 1. The molecule has 94 valence electrons. The largest absolute Gasteiger partial charge is 0.497 e. The molecule has 2 aromatic rings. The first-order chi connectivity index (χ1) is 8.69. The number of nitrogens with zero attached hydrogens (tertiary/aromatic N) is 1. The van der Waals surface area contributed by atoms with E-state index in [0.29, 0.717) is 12.4 Å². The second kappa shape index (κ2) is 5.44. The molecule has 0 aliphatic rings. The second-order valence-electron chi connectivity index (χ2n) is 3.67. The highest BCUT2D eigenvalue weighted by atomic mass is 19.2. The molecule has 0 bridgehead atoms. The fraction of sp³-hybridized carbons (Fsp3) is 0.154. The van der Waals surface area contributed by atoms with Gasteiger partial charge >= 0.3 is 0 Å². The van der Waals surface area contributed by atoms with Crippen LogP contribution in [0.3, 0.4) is 0 Å². The van der Waals surface area contributed by atoms with Gasteiger partial charge in [-0.1, -0.05) is 12.1 Å². The first-order valence-electron chi connectivity index (χ1n) is 5.38. The van der Waals surface area contributed by atoms with Crippen molar-refractivity contribution in [3.05, 3.63) is 53.7 Å². The van der Waals surface area contributed by atoms with Gasteiger partial charge in [-0.15, -0.1) is 0 Å². The van der Waals surface area contributed by atoms with Crippen LogP contribution in [0.2, 0.25) is 0 Å². The molecule has 0 spiro atoms. The third-order valence-corrected chi connectivity index (χ3v) is 2.44. The monoisotopic (exact) mass is 250 g/mol. The molecule has 1 N–H and O–H groups in total. The minimum atomic E-state index is -1.10. The summed E-state index contributed by atoms with van der Waals surface area (Å²) in [6.45, 7) is 0.474. The maximum atomic E-state index is 12.9. The molecule has 0 fully saturated rings. The van der Waals surface area contributed by atoms with E-state index in [0.717, 1.165) is 17.4 Å². The lowest BCUT2D eigenvalue weighted by Gasteiger charge is -2.06. The summed E-state index contributed by atoms with van der Waals surface area (Å²) in [4.78, 5) is 3.44. The predicted octanol–water partition coefficient (Wildman–Crippen LogP) is 2.98. The predicted molar refractivity (Wildman–Crippen MR) is 64.5 cm³/mol. The van der Waals surface area contributed by atoms with Crippen LogP contribution in [-0.2, 0) is 6.54 Å². The van der Waals surface area contributed by atoms with E-state index in [-0.39, 0.29) is 0 Å². The summed E-state index contributed by atoms with van der Waals surface area (Å²) in [6.07, 6.45) is 0. The standard InChI is InChI=1S/C13H12F2N2O/c1-18-10-4-2-9(3-5-10)8-16-12-7-6-11(14)13(15)17-12/h2-7H,8H2,1H3,(H,16,17). The number of nitrogens with one attached hydrogen (secondary N) is 1. The zero-order chi connectivity index (χ0) is 13.0. The van der Waals surface area contributed by atoms with Crippen LogP contribution >= 0.6 is 0 Å². The van der Waals surface area contributed by atoms with Gasteiger partial charge < -0.3 is 10.1 Å². The van der Waals surface area contributed by atoms with Crippen LogP contribution in [0, 0.1) is 11.8 Å². The number of rotatable bonds is 4. The van der Waals surface area contributed by atoms with Gasteiger partial charge in [-0.25, -0.2) is 9.37 Å². The summed E-state index contributed by atoms with van der Waals surface area (Å²) < 4.78 is 30.6. The fourth-order valence-corrected chi connectivity index (χ4v) is 1.45. The van der Waals surface area contributed by atoms with E-state index in [1.807, 2.05) is 24.3 Å². The highest BCUT2D eigenvalue weighted by molar-refractivity contribution is 5.36. The summed E-state index contributed by atoms with van der Waals surface area (Å²) in [6, 6.07) is 9.85. The van der Waals surface area contributed by atoms with Gasteiger partial charge in [0.05, 0.1) is 7.11 Å². The molecule has 3 nitrogen and oxygen atoms in total. The lowest BCUT2D eigenvalue weighted by atomic mass is 10.2. The number of benzene rings is 1. The second-order valence-corrected chi connectivity index (χ2v) is 3.67. The van der Waals surface area contributed by atoms with Gasteiger partial charge in [-0.3, -0.25) is 0 Å². The Morgan fingerprint density at radius 3 is 2.44 bits per heavy atom. The van der Waals surface area contributed by atoms with Gasteiger partial charge in [0.15, 0.2) is 5.82 Å². The number of hydrogen-bond acceptors (Lipinski definition) is 3. The summed E-state index contributed by atoms with van der Waals surface area (Å²) in [5.74, 6) is -0.992. The van der Waals surface area contributed by atoms with Gasteiger partial charge in [0.1, 0.15) is 11.6 Å². The van der Waals surface area contributed by atoms with E-state index >= 15 is 0 Å². The normalized spacial score (nSPS) is 10.2. The number of aromatic nitrogens is 1. The molecule has 0 unspecified atom stereocenters. The molecule has 0 aliphatic carbocycles. The van der Waals surface area contributed by atoms with Gasteiger partial charge in [-0.2, -0.15) is 4.39 Å². The number of anilines is 1. The number of pyridine rings is 1. The van der Waals surface area contributed by atoms with Crippen LogP contribution in [0.5, 0.6) is 5.75 Å². The maximum absolute atomic E-state index is 12.9. The topological polar surface area (TPSA) is 34.1 Å². The molecule has 2 rings (SSSR count). The number of halogens is 2. The average molecular weight is 250 g/mol. The molecule has 0 atom stereocenters. The van der Waals surface area contributed by atoms with Crippen molar-refractivity contribution in [1.29, 1.82) is 0 Å². The van der Waals surface area contributed by atoms with Crippen LogP contribution < -0.4 is 10.1 Å². The Labute approximate surface area is 103 Å². The summed E-state index contributed by atoms with van der Waals surface area (Å²) in [7, 11) is 1.60. The van der Waals surface area contributed by atoms with Crippen molar-refractivity contribution in [1.82, 2.24) is 4.98 Å². The number of methoxy groups -OCH3 is 1. The Balaban J connectivity index is 1.99. The maximum Gasteiger partial charge on any atom is 0.250 e. The summed E-state index contributed by atoms with van der Waals surface area (Å²) in [5.41, 5.74) is 0.988. The zero-order valence-electron chi connectivity index (χ0n) is 9.78. The summed E-state index contributed by atoms with van der Waals surface area (Å²) >= 11 is 0.